The molecule has 18 heavy (non-hydrogen) atoms. The number of nitrogens with zero attached hydrogens (tertiary/aromatic N) is 2. The van der Waals surface area contributed by atoms with Gasteiger partial charge in [-0.25, -0.2) is 0 Å². The third kappa shape index (κ3) is 3.68. The summed E-state index contributed by atoms with van der Waals surface area (Å²) in [6, 6.07) is 3.53. The van der Waals surface area contributed by atoms with E-state index >= 15 is 0 Å². The molecule has 0 aliphatic carbocycles. The number of aromatic hydroxyl groups is 1. The second-order valence-electron chi connectivity index (χ2n) is 5.10. The van der Waals surface area contributed by atoms with Crippen LogP contribution in [0.25, 0.3) is 0 Å². The second kappa shape index (κ2) is 6.16. The van der Waals surface area contributed by atoms with Gasteiger partial charge in [0.2, 0.25) is 0 Å². The molecular formula is C14H22N2O2. The van der Waals surface area contributed by atoms with Crippen LogP contribution in [0.2, 0.25) is 0 Å². The first-order valence-corrected chi connectivity index (χ1v) is 6.61. The first-order valence-electron chi connectivity index (χ1n) is 6.61. The highest BCUT2D eigenvalue weighted by molar-refractivity contribution is 5.27. The Bertz CT molecular complexity index is 389. The predicted molar refractivity (Wildman–Crippen MR) is 70.6 cm³/mol. The van der Waals surface area contributed by atoms with Crippen LogP contribution < -0.4 is 0 Å². The standard InChI is InChI=1S/C14H22N2O2/c1-11-6-7-14(17)13(15-11)10-16(2)9-12-5-3-4-8-18-12/h6-7,12,17H,3-5,8-10H2,1-2H3. The van der Waals surface area contributed by atoms with E-state index in [1.165, 1.54) is 12.8 Å². The van der Waals surface area contributed by atoms with Crippen molar-refractivity contribution in [1.29, 1.82) is 0 Å². The van der Waals surface area contributed by atoms with Crippen molar-refractivity contribution in [3.05, 3.63) is 23.5 Å². The van der Waals surface area contributed by atoms with E-state index in [9.17, 15) is 5.11 Å². The van der Waals surface area contributed by atoms with Crippen LogP contribution in [0.1, 0.15) is 30.7 Å². The molecular weight excluding hydrogens is 228 g/mol. The van der Waals surface area contributed by atoms with Crippen LogP contribution in [0.3, 0.4) is 0 Å². The van der Waals surface area contributed by atoms with Crippen LogP contribution in [0, 0.1) is 6.92 Å². The molecule has 0 aromatic carbocycles. The molecule has 1 aliphatic heterocycles. The van der Waals surface area contributed by atoms with Crippen LogP contribution in [0.4, 0.5) is 0 Å². The van der Waals surface area contributed by atoms with E-state index < -0.39 is 0 Å². The van der Waals surface area contributed by atoms with Crippen LogP contribution in [-0.4, -0.2) is 41.3 Å². The maximum absolute atomic E-state index is 9.77. The molecule has 4 nitrogen and oxygen atoms in total. The van der Waals surface area contributed by atoms with E-state index in [2.05, 4.69) is 9.88 Å². The summed E-state index contributed by atoms with van der Waals surface area (Å²) in [6.45, 7) is 4.38. The molecule has 0 amide bonds. The number of pyridine rings is 1. The smallest absolute Gasteiger partial charge is 0.138 e. The van der Waals surface area contributed by atoms with Crippen molar-refractivity contribution < 1.29 is 9.84 Å². The number of aromatic nitrogens is 1. The van der Waals surface area contributed by atoms with Gasteiger partial charge in [0.05, 0.1) is 11.8 Å². The maximum Gasteiger partial charge on any atom is 0.138 e. The van der Waals surface area contributed by atoms with Crippen molar-refractivity contribution in [3.63, 3.8) is 0 Å². The molecule has 0 saturated carbocycles. The summed E-state index contributed by atoms with van der Waals surface area (Å²) in [6.07, 6.45) is 3.90. The molecule has 1 fully saturated rings. The van der Waals surface area contributed by atoms with Crippen molar-refractivity contribution in [3.8, 4) is 5.75 Å². The molecule has 1 N–H and O–H groups in total. The first kappa shape index (κ1) is 13.3. The lowest BCUT2D eigenvalue weighted by Gasteiger charge is -2.27. The number of rotatable bonds is 4. The quantitative estimate of drug-likeness (QED) is 0.889. The van der Waals surface area contributed by atoms with Crippen LogP contribution in [0.15, 0.2) is 12.1 Å². The molecule has 100 valence electrons. The number of hydrogen-bond acceptors (Lipinski definition) is 4. The van der Waals surface area contributed by atoms with Crippen molar-refractivity contribution in [2.75, 3.05) is 20.2 Å². The molecule has 1 aliphatic rings. The van der Waals surface area contributed by atoms with Gasteiger partial charge in [0.1, 0.15) is 5.75 Å². The molecule has 1 unspecified atom stereocenters. The van der Waals surface area contributed by atoms with Crippen molar-refractivity contribution in [1.82, 2.24) is 9.88 Å². The minimum absolute atomic E-state index is 0.275. The fourth-order valence-corrected chi connectivity index (χ4v) is 2.34. The Morgan fingerprint density at radius 1 is 1.44 bits per heavy atom. The largest absolute Gasteiger partial charge is 0.506 e. The zero-order valence-electron chi connectivity index (χ0n) is 11.2. The number of likely N-dealkylation sites (N-methyl/N-ethyl adjacent to an activating group) is 1. The number of ether oxygens (including phenoxy) is 1. The Kier molecular flexibility index (Phi) is 4.55. The summed E-state index contributed by atoms with van der Waals surface area (Å²) < 4.78 is 5.72. The summed E-state index contributed by atoms with van der Waals surface area (Å²) >= 11 is 0. The third-order valence-corrected chi connectivity index (χ3v) is 3.30. The first-order chi connectivity index (χ1) is 8.65. The van der Waals surface area contributed by atoms with E-state index in [0.717, 1.165) is 31.0 Å². The summed E-state index contributed by atoms with van der Waals surface area (Å²) in [4.78, 5) is 6.54. The van der Waals surface area contributed by atoms with Gasteiger partial charge in [-0.1, -0.05) is 0 Å². The molecule has 2 heterocycles. The average Bonchev–Trinajstić information content (AvgIpc) is 2.35. The summed E-state index contributed by atoms with van der Waals surface area (Å²) in [7, 11) is 2.04. The van der Waals surface area contributed by atoms with E-state index in [0.29, 0.717) is 12.6 Å². The Labute approximate surface area is 109 Å². The zero-order valence-corrected chi connectivity index (χ0v) is 11.2. The molecule has 0 spiro atoms. The third-order valence-electron chi connectivity index (χ3n) is 3.30. The Morgan fingerprint density at radius 3 is 3.00 bits per heavy atom. The highest BCUT2D eigenvalue weighted by atomic mass is 16.5. The number of hydrogen-bond donors (Lipinski definition) is 1. The molecule has 1 aromatic heterocycles. The fourth-order valence-electron chi connectivity index (χ4n) is 2.34. The van der Waals surface area contributed by atoms with E-state index in [1.807, 2.05) is 20.0 Å². The summed E-state index contributed by atoms with van der Waals surface area (Å²) in [5.41, 5.74) is 1.68. The highest BCUT2D eigenvalue weighted by Crippen LogP contribution is 2.18. The predicted octanol–water partition coefficient (Wildman–Crippen LogP) is 2.10. The van der Waals surface area contributed by atoms with Gasteiger partial charge in [-0.3, -0.25) is 9.88 Å². The Morgan fingerprint density at radius 2 is 2.28 bits per heavy atom. The Hall–Kier alpha value is -1.13. The zero-order chi connectivity index (χ0) is 13.0. The lowest BCUT2D eigenvalue weighted by Crippen LogP contribution is -2.33. The van der Waals surface area contributed by atoms with Gasteiger partial charge in [-0.2, -0.15) is 0 Å². The Balaban J connectivity index is 1.89. The number of aryl methyl sites for hydroxylation is 1. The van der Waals surface area contributed by atoms with Crippen molar-refractivity contribution >= 4 is 0 Å². The lowest BCUT2D eigenvalue weighted by atomic mass is 10.1. The summed E-state index contributed by atoms with van der Waals surface area (Å²) in [5, 5.41) is 9.77. The van der Waals surface area contributed by atoms with Crippen molar-refractivity contribution in [2.45, 2.75) is 38.8 Å². The molecule has 2 rings (SSSR count). The minimum Gasteiger partial charge on any atom is -0.506 e. The summed E-state index contributed by atoms with van der Waals surface area (Å²) in [5.74, 6) is 0.275. The molecule has 4 heteroatoms. The monoisotopic (exact) mass is 250 g/mol. The van der Waals surface area contributed by atoms with E-state index in [1.54, 1.807) is 6.07 Å². The lowest BCUT2D eigenvalue weighted by molar-refractivity contribution is -0.00284. The SMILES string of the molecule is Cc1ccc(O)c(CN(C)CC2CCCCO2)n1. The molecule has 1 atom stereocenters. The van der Waals surface area contributed by atoms with Gasteiger partial charge in [0.15, 0.2) is 0 Å². The molecule has 0 bridgehead atoms. The second-order valence-corrected chi connectivity index (χ2v) is 5.10. The fraction of sp³-hybridized carbons (Fsp3) is 0.643. The highest BCUT2D eigenvalue weighted by Gasteiger charge is 2.16. The molecule has 1 aromatic rings. The van der Waals surface area contributed by atoms with Gasteiger partial charge in [0.25, 0.3) is 0 Å². The van der Waals surface area contributed by atoms with Crippen molar-refractivity contribution in [2.24, 2.45) is 0 Å². The van der Waals surface area contributed by atoms with E-state index in [4.69, 9.17) is 4.74 Å². The van der Waals surface area contributed by atoms with Gasteiger partial charge in [-0.05, 0) is 45.4 Å². The van der Waals surface area contributed by atoms with Crippen LogP contribution in [-0.2, 0) is 11.3 Å². The topological polar surface area (TPSA) is 45.6 Å². The van der Waals surface area contributed by atoms with Gasteiger partial charge in [-0.15, -0.1) is 0 Å². The van der Waals surface area contributed by atoms with Gasteiger partial charge >= 0.3 is 0 Å². The normalized spacial score (nSPS) is 20.3. The maximum atomic E-state index is 9.77. The van der Waals surface area contributed by atoms with Crippen LogP contribution in [0.5, 0.6) is 5.75 Å². The van der Waals surface area contributed by atoms with E-state index in [-0.39, 0.29) is 5.75 Å². The molecule has 1 saturated heterocycles. The average molecular weight is 250 g/mol. The minimum atomic E-state index is 0.275. The van der Waals surface area contributed by atoms with Gasteiger partial charge < -0.3 is 9.84 Å². The molecule has 0 radical (unpaired) electrons. The van der Waals surface area contributed by atoms with Crippen LogP contribution >= 0.6 is 0 Å². The van der Waals surface area contributed by atoms with Gasteiger partial charge in [0, 0.05) is 25.4 Å².